The van der Waals surface area contributed by atoms with E-state index in [4.69, 9.17) is 21.7 Å². The summed E-state index contributed by atoms with van der Waals surface area (Å²) >= 11 is 6.32. The minimum Gasteiger partial charge on any atom is -0.478 e. The average molecular weight is 448 g/mol. The van der Waals surface area contributed by atoms with Gasteiger partial charge in [0.25, 0.3) is 5.91 Å². The molecule has 1 atom stereocenters. The van der Waals surface area contributed by atoms with Gasteiger partial charge in [0, 0.05) is 5.92 Å². The Morgan fingerprint density at radius 1 is 1.27 bits per heavy atom. The number of allylic oxidation sites excluding steroid dienone is 2. The van der Waals surface area contributed by atoms with Crippen molar-refractivity contribution in [3.63, 3.8) is 0 Å². The van der Waals surface area contributed by atoms with E-state index in [-0.39, 0.29) is 23.7 Å². The van der Waals surface area contributed by atoms with E-state index < -0.39 is 6.10 Å². The van der Waals surface area contributed by atoms with Crippen molar-refractivity contribution < 1.29 is 19.1 Å². The van der Waals surface area contributed by atoms with E-state index in [0.717, 1.165) is 16.7 Å². The van der Waals surface area contributed by atoms with Crippen molar-refractivity contribution >= 4 is 46.3 Å². The van der Waals surface area contributed by atoms with Gasteiger partial charge in [-0.15, -0.1) is 0 Å². The lowest BCUT2D eigenvalue weighted by molar-refractivity contribution is -0.153. The summed E-state index contributed by atoms with van der Waals surface area (Å²) in [6.07, 6.45) is 3.21. The van der Waals surface area contributed by atoms with Crippen LogP contribution in [0.4, 0.5) is 0 Å². The van der Waals surface area contributed by atoms with Crippen LogP contribution in [0.1, 0.15) is 58.6 Å². The first kappa shape index (κ1) is 24.2. The number of hydrogen-bond donors (Lipinski definition) is 1. The van der Waals surface area contributed by atoms with Crippen LogP contribution < -0.4 is 10.1 Å². The minimum absolute atomic E-state index is 0.0148. The first-order valence-electron chi connectivity index (χ1n) is 10.0. The minimum atomic E-state index is -0.655. The fourth-order valence-electron chi connectivity index (χ4n) is 2.92. The normalized spacial score (nSPS) is 16.9. The number of esters is 1. The van der Waals surface area contributed by atoms with Gasteiger partial charge in [0.1, 0.15) is 10.1 Å². The number of carbonyl (C=O) groups excluding carboxylic acids is 2. The molecular weight excluding hydrogens is 418 g/mol. The number of thiocarbonyl (C=S) groups is 1. The number of nitrogens with one attached hydrogen (secondary N) is 1. The monoisotopic (exact) mass is 447 g/mol. The molecule has 1 aliphatic heterocycles. The molecule has 0 radical (unpaired) electrons. The van der Waals surface area contributed by atoms with Crippen LogP contribution in [-0.4, -0.2) is 28.9 Å². The van der Waals surface area contributed by atoms with Crippen LogP contribution >= 0.6 is 24.0 Å². The summed E-state index contributed by atoms with van der Waals surface area (Å²) in [6, 6.07) is 5.87. The van der Waals surface area contributed by atoms with Crippen molar-refractivity contribution in [2.75, 3.05) is 6.61 Å². The third-order valence-electron chi connectivity index (χ3n) is 4.53. The van der Waals surface area contributed by atoms with Gasteiger partial charge in [-0.25, -0.2) is 4.79 Å². The van der Waals surface area contributed by atoms with Crippen molar-refractivity contribution in [2.45, 2.75) is 53.6 Å². The van der Waals surface area contributed by atoms with E-state index in [2.05, 4.69) is 19.2 Å². The topological polar surface area (TPSA) is 64.6 Å². The molecule has 0 bridgehead atoms. The summed E-state index contributed by atoms with van der Waals surface area (Å²) < 4.78 is 11.7. The van der Waals surface area contributed by atoms with Gasteiger partial charge in [0.2, 0.25) is 0 Å². The predicted octanol–water partition coefficient (Wildman–Crippen LogP) is 5.21. The molecule has 1 fully saturated rings. The molecule has 1 heterocycles. The van der Waals surface area contributed by atoms with Crippen LogP contribution in [0.15, 0.2) is 34.8 Å². The van der Waals surface area contributed by atoms with E-state index >= 15 is 0 Å². The van der Waals surface area contributed by atoms with E-state index in [9.17, 15) is 9.59 Å². The molecule has 0 spiro atoms. The molecule has 0 aromatic heterocycles. The smallest absolute Gasteiger partial charge is 0.347 e. The molecule has 162 valence electrons. The maximum absolute atomic E-state index is 12.3. The van der Waals surface area contributed by atoms with Gasteiger partial charge >= 0.3 is 5.97 Å². The molecule has 5 nitrogen and oxygen atoms in total. The molecular formula is C23H29NO4S2. The Morgan fingerprint density at radius 3 is 2.50 bits per heavy atom. The lowest BCUT2D eigenvalue weighted by atomic mass is 9.98. The van der Waals surface area contributed by atoms with E-state index in [0.29, 0.717) is 21.6 Å². The molecule has 0 saturated carbocycles. The van der Waals surface area contributed by atoms with Gasteiger partial charge in [-0.3, -0.25) is 4.79 Å². The lowest BCUT2D eigenvalue weighted by Crippen LogP contribution is -2.34. The standard InChI is InChI=1S/C23H29NO4S2/c1-7-27-22(26)19(14(4)5)28-18-11-10-16(12-17(18)13(2)3)9-8-15(6)20-21(25)24-23(29)30-20/h8-14,19H,7H2,1-6H3,(H,24,25,29). The Labute approximate surface area is 188 Å². The highest BCUT2D eigenvalue weighted by atomic mass is 32.2. The molecule has 1 saturated heterocycles. The molecule has 2 rings (SSSR count). The summed E-state index contributed by atoms with van der Waals surface area (Å²) in [5.41, 5.74) is 2.84. The number of amides is 1. The molecule has 1 amide bonds. The van der Waals surface area contributed by atoms with Gasteiger partial charge in [0.15, 0.2) is 6.10 Å². The number of thioether (sulfide) groups is 1. The molecule has 1 unspecified atom stereocenters. The van der Waals surface area contributed by atoms with Gasteiger partial charge < -0.3 is 14.8 Å². The lowest BCUT2D eigenvalue weighted by Gasteiger charge is -2.23. The maximum Gasteiger partial charge on any atom is 0.347 e. The summed E-state index contributed by atoms with van der Waals surface area (Å²) in [7, 11) is 0. The number of ether oxygens (including phenoxy) is 2. The Morgan fingerprint density at radius 2 is 1.97 bits per heavy atom. The summed E-state index contributed by atoms with van der Waals surface area (Å²) in [6.45, 7) is 12.0. The number of carbonyl (C=O) groups is 2. The van der Waals surface area contributed by atoms with Crippen LogP contribution in [0.25, 0.3) is 6.08 Å². The molecule has 1 N–H and O–H groups in total. The highest BCUT2D eigenvalue weighted by molar-refractivity contribution is 8.26. The zero-order valence-corrected chi connectivity index (χ0v) is 19.9. The van der Waals surface area contributed by atoms with E-state index in [1.54, 1.807) is 6.92 Å². The molecule has 0 aliphatic carbocycles. The fourth-order valence-corrected chi connectivity index (χ4v) is 3.96. The summed E-state index contributed by atoms with van der Waals surface area (Å²) in [5.74, 6) is 0.367. The molecule has 1 aromatic carbocycles. The molecule has 30 heavy (non-hydrogen) atoms. The quantitative estimate of drug-likeness (QED) is 0.335. The van der Waals surface area contributed by atoms with Crippen molar-refractivity contribution in [1.29, 1.82) is 0 Å². The first-order valence-corrected chi connectivity index (χ1v) is 11.3. The van der Waals surface area contributed by atoms with Crippen molar-refractivity contribution in [3.05, 3.63) is 45.9 Å². The van der Waals surface area contributed by atoms with Crippen molar-refractivity contribution in [3.8, 4) is 5.75 Å². The zero-order chi connectivity index (χ0) is 22.4. The summed E-state index contributed by atoms with van der Waals surface area (Å²) in [4.78, 5) is 24.8. The van der Waals surface area contributed by atoms with Gasteiger partial charge in [-0.1, -0.05) is 69.9 Å². The Hall–Kier alpha value is -2.12. The molecule has 7 heteroatoms. The van der Waals surface area contributed by atoms with E-state index in [1.807, 2.05) is 51.1 Å². The number of rotatable bonds is 8. The van der Waals surface area contributed by atoms with E-state index in [1.165, 1.54) is 11.8 Å². The van der Waals surface area contributed by atoms with Crippen LogP contribution in [0.2, 0.25) is 0 Å². The molecule has 1 aliphatic rings. The molecule has 1 aromatic rings. The predicted molar refractivity (Wildman–Crippen MR) is 126 cm³/mol. The number of benzene rings is 1. The van der Waals surface area contributed by atoms with Crippen LogP contribution in [0, 0.1) is 5.92 Å². The Balaban J connectivity index is 2.28. The second-order valence-corrected chi connectivity index (χ2v) is 9.36. The highest BCUT2D eigenvalue weighted by Crippen LogP contribution is 2.31. The summed E-state index contributed by atoms with van der Waals surface area (Å²) in [5, 5.41) is 2.63. The number of hydrogen-bond acceptors (Lipinski definition) is 6. The largest absolute Gasteiger partial charge is 0.478 e. The van der Waals surface area contributed by atoms with Crippen LogP contribution in [-0.2, 0) is 14.3 Å². The Bertz CT molecular complexity index is 887. The average Bonchev–Trinajstić information content (AvgIpc) is 3.02. The first-order chi connectivity index (χ1) is 14.1. The Kier molecular flexibility index (Phi) is 8.67. The SMILES string of the molecule is CCOC(=O)C(Oc1ccc(C=CC(C)=C2SC(=S)NC2=O)cc1C(C)C)C(C)C. The van der Waals surface area contributed by atoms with Crippen molar-refractivity contribution in [2.24, 2.45) is 5.92 Å². The van der Waals surface area contributed by atoms with Gasteiger partial charge in [0.05, 0.1) is 11.5 Å². The van der Waals surface area contributed by atoms with Crippen LogP contribution in [0.5, 0.6) is 5.75 Å². The maximum atomic E-state index is 12.3. The highest BCUT2D eigenvalue weighted by Gasteiger charge is 2.27. The fraction of sp³-hybridized carbons (Fsp3) is 0.435. The third-order valence-corrected chi connectivity index (χ3v) is 5.89. The van der Waals surface area contributed by atoms with Crippen LogP contribution in [0.3, 0.4) is 0 Å². The second kappa shape index (κ2) is 10.8. The van der Waals surface area contributed by atoms with Gasteiger partial charge in [-0.05, 0) is 48.6 Å². The van der Waals surface area contributed by atoms with Gasteiger partial charge in [-0.2, -0.15) is 0 Å². The second-order valence-electron chi connectivity index (χ2n) is 7.68. The van der Waals surface area contributed by atoms with Crippen molar-refractivity contribution in [1.82, 2.24) is 5.32 Å². The zero-order valence-electron chi connectivity index (χ0n) is 18.3. The third kappa shape index (κ3) is 6.19.